The van der Waals surface area contributed by atoms with Crippen molar-refractivity contribution in [2.45, 2.75) is 452 Å². The molecule has 0 aliphatic carbocycles. The second-order valence-corrected chi connectivity index (χ2v) is 33.4. The fraction of sp³-hybridized carbons (Fsp3) is 0.951. The minimum atomic E-state index is -4.96. The van der Waals surface area contributed by atoms with Gasteiger partial charge in [0.2, 0.25) is 0 Å². The highest BCUT2D eigenvalue weighted by molar-refractivity contribution is 7.47. The van der Waals surface area contributed by atoms with Gasteiger partial charge >= 0.3 is 39.5 Å². The summed E-state index contributed by atoms with van der Waals surface area (Å²) in [6.45, 7) is 9.66. The second kappa shape index (κ2) is 73.6. The highest BCUT2D eigenvalue weighted by Crippen LogP contribution is 2.45. The first kappa shape index (κ1) is 99.1. The number of phosphoric ester groups is 2. The Bertz CT molecular complexity index is 1940. The predicted molar refractivity (Wildman–Crippen MR) is 414 cm³/mol. The molecule has 0 heterocycles. The average molecular weight is 1480 g/mol. The van der Waals surface area contributed by atoms with Gasteiger partial charge in [0.05, 0.1) is 26.4 Å². The van der Waals surface area contributed by atoms with Gasteiger partial charge in [-0.3, -0.25) is 37.3 Å². The van der Waals surface area contributed by atoms with Crippen LogP contribution >= 0.6 is 15.6 Å². The Hall–Kier alpha value is -1.94. The number of esters is 4. The summed E-state index contributed by atoms with van der Waals surface area (Å²) in [6, 6.07) is 0. The van der Waals surface area contributed by atoms with Crippen LogP contribution in [0, 0.1) is 11.8 Å². The van der Waals surface area contributed by atoms with Crippen LogP contribution in [0.15, 0.2) is 0 Å². The van der Waals surface area contributed by atoms with Gasteiger partial charge in [0.25, 0.3) is 0 Å². The van der Waals surface area contributed by atoms with Gasteiger partial charge < -0.3 is 33.8 Å². The summed E-state index contributed by atoms with van der Waals surface area (Å²) < 4.78 is 68.6. The highest BCUT2D eigenvalue weighted by Gasteiger charge is 2.30. The van der Waals surface area contributed by atoms with Crippen molar-refractivity contribution in [3.05, 3.63) is 0 Å². The Morgan fingerprint density at radius 3 is 0.673 bits per heavy atom. The number of ether oxygens (including phenoxy) is 4. The number of hydrogen-bond acceptors (Lipinski definition) is 15. The Morgan fingerprint density at radius 1 is 0.267 bits per heavy atom. The van der Waals surface area contributed by atoms with Crippen molar-refractivity contribution < 1.29 is 80.2 Å². The third kappa shape index (κ3) is 76.1. The number of unbranched alkanes of at least 4 members (excludes halogenated alkanes) is 51. The molecule has 0 aliphatic heterocycles. The van der Waals surface area contributed by atoms with Crippen LogP contribution in [0.1, 0.15) is 433 Å². The molecule has 600 valence electrons. The molecular formula is C82H160O17P2. The highest BCUT2D eigenvalue weighted by atomic mass is 31.2. The zero-order valence-corrected chi connectivity index (χ0v) is 68.0. The van der Waals surface area contributed by atoms with Crippen molar-refractivity contribution in [3.8, 4) is 0 Å². The van der Waals surface area contributed by atoms with E-state index in [1.165, 1.54) is 238 Å². The number of rotatable bonds is 81. The molecular weight excluding hydrogens is 1320 g/mol. The van der Waals surface area contributed by atoms with Crippen molar-refractivity contribution in [3.63, 3.8) is 0 Å². The number of phosphoric acid groups is 2. The van der Waals surface area contributed by atoms with Crippen molar-refractivity contribution >= 4 is 39.5 Å². The quantitative estimate of drug-likeness (QED) is 0.0222. The molecule has 0 saturated heterocycles. The van der Waals surface area contributed by atoms with Crippen LogP contribution < -0.4 is 0 Å². The number of carbonyl (C=O) groups excluding carboxylic acids is 4. The molecule has 0 bridgehead atoms. The van der Waals surface area contributed by atoms with Crippen molar-refractivity contribution in [1.29, 1.82) is 0 Å². The van der Waals surface area contributed by atoms with E-state index in [1.54, 1.807) is 0 Å². The lowest BCUT2D eigenvalue weighted by atomic mass is 10.0. The van der Waals surface area contributed by atoms with Gasteiger partial charge in [-0.15, -0.1) is 0 Å². The van der Waals surface area contributed by atoms with Gasteiger partial charge in [0, 0.05) is 25.7 Å². The zero-order valence-electron chi connectivity index (χ0n) is 66.2. The molecule has 0 amide bonds. The molecule has 17 nitrogen and oxygen atoms in total. The van der Waals surface area contributed by atoms with E-state index < -0.39 is 97.5 Å². The monoisotopic (exact) mass is 1480 g/mol. The van der Waals surface area contributed by atoms with E-state index in [0.717, 1.165) is 115 Å². The van der Waals surface area contributed by atoms with E-state index in [1.807, 2.05) is 0 Å². The molecule has 0 radical (unpaired) electrons. The molecule has 0 aromatic carbocycles. The van der Waals surface area contributed by atoms with E-state index in [4.69, 9.17) is 37.0 Å². The second-order valence-electron chi connectivity index (χ2n) is 30.5. The van der Waals surface area contributed by atoms with E-state index in [0.29, 0.717) is 25.7 Å². The number of hydrogen-bond donors (Lipinski definition) is 3. The first-order valence-electron chi connectivity index (χ1n) is 42.5. The summed E-state index contributed by atoms with van der Waals surface area (Å²) in [7, 11) is -9.92. The van der Waals surface area contributed by atoms with Gasteiger partial charge in [-0.05, 0) is 37.5 Å². The van der Waals surface area contributed by atoms with Crippen LogP contribution in [0.25, 0.3) is 0 Å². The minimum absolute atomic E-state index is 0.108. The summed E-state index contributed by atoms with van der Waals surface area (Å²) >= 11 is 0. The molecule has 2 unspecified atom stereocenters. The number of aliphatic hydroxyl groups excluding tert-OH is 1. The fourth-order valence-electron chi connectivity index (χ4n) is 12.7. The van der Waals surface area contributed by atoms with Crippen molar-refractivity contribution in [2.24, 2.45) is 11.8 Å². The molecule has 0 aromatic rings. The van der Waals surface area contributed by atoms with Gasteiger partial charge in [-0.2, -0.15) is 0 Å². The molecule has 101 heavy (non-hydrogen) atoms. The predicted octanol–water partition coefficient (Wildman–Crippen LogP) is 24.7. The Kier molecular flexibility index (Phi) is 72.2. The molecule has 0 saturated carbocycles. The lowest BCUT2D eigenvalue weighted by Crippen LogP contribution is -2.30. The van der Waals surface area contributed by atoms with Crippen LogP contribution in [-0.4, -0.2) is 96.7 Å². The largest absolute Gasteiger partial charge is 0.472 e. The first-order chi connectivity index (χ1) is 48.9. The first-order valence-corrected chi connectivity index (χ1v) is 45.5. The lowest BCUT2D eigenvalue weighted by molar-refractivity contribution is -0.161. The topological polar surface area (TPSA) is 237 Å². The molecule has 0 aromatic heterocycles. The van der Waals surface area contributed by atoms with Gasteiger partial charge in [0.1, 0.15) is 19.3 Å². The SMILES string of the molecule is CCCCCCCCCCCCCCCCCCC(=O)O[C@H](COC(=O)CCCCCCCCC)COP(=O)(O)OC[C@H](O)COP(=O)(O)OC[C@@H](COC(=O)CCCCCCCCCCCCCCCCC(C)C)OC(=O)CCCCCCCCCCCCCCCCCCCCC(C)C. The van der Waals surface area contributed by atoms with Crippen LogP contribution in [0.3, 0.4) is 0 Å². The standard InChI is InChI=1S/C82H160O17P2/c1-7-9-11-13-15-16-17-18-19-25-32-37-42-48-54-60-66-81(86)98-77(70-92-79(84)64-58-52-44-14-12-10-8-2)72-96-100(88,89)94-68-76(83)69-95-101(90,91)97-73-78(71-93-80(85)65-59-53-47-41-36-31-28-27-30-35-40-46-51-57-63-75(5)6)99-82(87)67-61-55-49-43-38-33-26-23-21-20-22-24-29-34-39-45-50-56-62-74(3)4/h74-78,83H,7-73H2,1-6H3,(H,88,89)(H,90,91)/t76-,77+,78+/m0/s1. The van der Waals surface area contributed by atoms with E-state index in [9.17, 15) is 43.2 Å². The fourth-order valence-corrected chi connectivity index (χ4v) is 14.3. The van der Waals surface area contributed by atoms with Gasteiger partial charge in [-0.1, -0.05) is 382 Å². The van der Waals surface area contributed by atoms with E-state index >= 15 is 0 Å². The molecule has 19 heteroatoms. The summed E-state index contributed by atoms with van der Waals surface area (Å²) in [6.07, 6.45) is 64.0. The van der Waals surface area contributed by atoms with Gasteiger partial charge in [0.15, 0.2) is 12.2 Å². The maximum absolute atomic E-state index is 13.1. The summed E-state index contributed by atoms with van der Waals surface area (Å²) in [4.78, 5) is 72.9. The smallest absolute Gasteiger partial charge is 0.462 e. The van der Waals surface area contributed by atoms with E-state index in [-0.39, 0.29) is 25.7 Å². The maximum Gasteiger partial charge on any atom is 0.472 e. The molecule has 0 spiro atoms. The summed E-state index contributed by atoms with van der Waals surface area (Å²) in [5, 5.41) is 10.6. The minimum Gasteiger partial charge on any atom is -0.462 e. The zero-order chi connectivity index (χ0) is 74.2. The average Bonchev–Trinajstić information content (AvgIpc) is 0.937. The normalized spacial score (nSPS) is 13.9. The van der Waals surface area contributed by atoms with Crippen LogP contribution in [0.5, 0.6) is 0 Å². The summed E-state index contributed by atoms with van der Waals surface area (Å²) in [5.74, 6) is -0.491. The maximum atomic E-state index is 13.1. The van der Waals surface area contributed by atoms with Crippen molar-refractivity contribution in [1.82, 2.24) is 0 Å². The summed E-state index contributed by atoms with van der Waals surface area (Å²) in [5.41, 5.74) is 0. The molecule has 5 atom stereocenters. The lowest BCUT2D eigenvalue weighted by Gasteiger charge is -2.21. The van der Waals surface area contributed by atoms with E-state index in [2.05, 4.69) is 41.5 Å². The third-order valence-electron chi connectivity index (χ3n) is 19.2. The van der Waals surface area contributed by atoms with Crippen LogP contribution in [0.2, 0.25) is 0 Å². The number of carbonyl (C=O) groups is 4. The van der Waals surface area contributed by atoms with Crippen molar-refractivity contribution in [2.75, 3.05) is 39.6 Å². The molecule has 0 fully saturated rings. The van der Waals surface area contributed by atoms with Crippen LogP contribution in [0.4, 0.5) is 0 Å². The Labute approximate surface area is 619 Å². The Balaban J connectivity index is 5.17. The number of aliphatic hydroxyl groups is 1. The Morgan fingerprint density at radius 2 is 0.455 bits per heavy atom. The molecule has 3 N–H and O–H groups in total. The van der Waals surface area contributed by atoms with Gasteiger partial charge in [-0.25, -0.2) is 9.13 Å². The third-order valence-corrected chi connectivity index (χ3v) is 21.1. The van der Waals surface area contributed by atoms with Crippen LogP contribution in [-0.2, 0) is 65.4 Å². The molecule has 0 rings (SSSR count). The molecule has 0 aliphatic rings.